The van der Waals surface area contributed by atoms with Crippen molar-refractivity contribution in [2.75, 3.05) is 0 Å². The highest BCUT2D eigenvalue weighted by Gasteiger charge is 2.31. The van der Waals surface area contributed by atoms with E-state index >= 15 is 0 Å². The zero-order valence-corrected chi connectivity index (χ0v) is 16.1. The van der Waals surface area contributed by atoms with E-state index in [1.165, 1.54) is 6.34 Å². The van der Waals surface area contributed by atoms with E-state index in [0.29, 0.717) is 11.9 Å². The smallest absolute Gasteiger partial charge is 0.239 e. The molecule has 0 spiro atoms. The Bertz CT molecular complexity index is 1520. The van der Waals surface area contributed by atoms with Crippen molar-refractivity contribution >= 4 is 51.6 Å². The Morgan fingerprint density at radius 3 is 2.26 bits per heavy atom. The summed E-state index contributed by atoms with van der Waals surface area (Å²) in [6.45, 7) is 0. The van der Waals surface area contributed by atoms with Crippen LogP contribution >= 0.6 is 0 Å². The molecule has 7 heteroatoms. The molecule has 7 nitrogen and oxygen atoms in total. The predicted octanol–water partition coefficient (Wildman–Crippen LogP) is 4.98. The number of fused-ring (bicyclic) bond motifs is 2. The van der Waals surface area contributed by atoms with Crippen molar-refractivity contribution < 1.29 is 8.83 Å². The number of furan rings is 2. The number of nitrogens with zero attached hydrogens (tertiary/aromatic N) is 5. The molecule has 5 heterocycles. The van der Waals surface area contributed by atoms with Crippen LogP contribution in [-0.2, 0) is 0 Å². The number of hydrogen-bond donors (Lipinski definition) is 0. The van der Waals surface area contributed by atoms with Crippen molar-refractivity contribution in [1.29, 1.82) is 0 Å². The first kappa shape index (κ1) is 16.3. The molecule has 0 amide bonds. The van der Waals surface area contributed by atoms with Gasteiger partial charge in [0.2, 0.25) is 11.9 Å². The number of rotatable bonds is 2. The molecule has 0 saturated carbocycles. The summed E-state index contributed by atoms with van der Waals surface area (Å²) >= 11 is 0. The van der Waals surface area contributed by atoms with Crippen LogP contribution in [0.1, 0.15) is 11.1 Å². The molecule has 3 aliphatic rings. The molecule has 31 heavy (non-hydrogen) atoms. The van der Waals surface area contributed by atoms with Gasteiger partial charge in [0.25, 0.3) is 0 Å². The summed E-state index contributed by atoms with van der Waals surface area (Å²) in [7, 11) is 0. The van der Waals surface area contributed by atoms with E-state index in [-0.39, 0.29) is 0 Å². The van der Waals surface area contributed by atoms with Crippen LogP contribution in [0.25, 0.3) is 27.6 Å². The van der Waals surface area contributed by atoms with E-state index in [0.717, 1.165) is 50.2 Å². The van der Waals surface area contributed by atoms with E-state index in [1.54, 1.807) is 12.5 Å². The van der Waals surface area contributed by atoms with Crippen molar-refractivity contribution in [1.82, 2.24) is 4.90 Å². The zero-order valence-electron chi connectivity index (χ0n) is 16.1. The third-order valence-corrected chi connectivity index (χ3v) is 5.56. The van der Waals surface area contributed by atoms with Crippen LogP contribution in [0.3, 0.4) is 0 Å². The van der Waals surface area contributed by atoms with Gasteiger partial charge < -0.3 is 8.83 Å². The van der Waals surface area contributed by atoms with E-state index < -0.39 is 0 Å². The summed E-state index contributed by atoms with van der Waals surface area (Å²) in [4.78, 5) is 20.2. The number of benzene rings is 2. The Morgan fingerprint density at radius 2 is 1.45 bits per heavy atom. The lowest BCUT2D eigenvalue weighted by molar-refractivity contribution is 0.615. The van der Waals surface area contributed by atoms with Crippen LogP contribution in [0.4, 0.5) is 0 Å². The minimum Gasteiger partial charge on any atom is -0.464 e. The van der Waals surface area contributed by atoms with Crippen LogP contribution < -0.4 is 0 Å². The van der Waals surface area contributed by atoms with Crippen molar-refractivity contribution in [3.63, 3.8) is 0 Å². The first-order chi connectivity index (χ1) is 15.3. The maximum Gasteiger partial charge on any atom is 0.239 e. The molecule has 0 atom stereocenters. The van der Waals surface area contributed by atoms with Crippen LogP contribution in [0, 0.1) is 0 Å². The average molecular weight is 403 g/mol. The van der Waals surface area contributed by atoms with Gasteiger partial charge in [-0.3, -0.25) is 0 Å². The number of allylic oxidation sites excluding steroid dienone is 2. The third kappa shape index (κ3) is 2.34. The van der Waals surface area contributed by atoms with Gasteiger partial charge in [0.1, 0.15) is 17.5 Å². The molecule has 0 saturated heterocycles. The average Bonchev–Trinajstić information content (AvgIpc) is 3.48. The molecule has 2 aromatic carbocycles. The van der Waals surface area contributed by atoms with Crippen LogP contribution in [0.5, 0.6) is 0 Å². The Hall–Kier alpha value is -4.52. The topological polar surface area (TPSA) is 79.0 Å². The van der Waals surface area contributed by atoms with Gasteiger partial charge in [0.05, 0.1) is 29.6 Å². The number of guanidine groups is 2. The summed E-state index contributed by atoms with van der Waals surface area (Å²) < 4.78 is 11.1. The monoisotopic (exact) mass is 403 g/mol. The summed E-state index contributed by atoms with van der Waals surface area (Å²) in [6, 6.07) is 15.8. The third-order valence-electron chi connectivity index (χ3n) is 5.56. The minimum absolute atomic E-state index is 0.540. The van der Waals surface area contributed by atoms with Gasteiger partial charge in [-0.2, -0.15) is 0 Å². The molecule has 4 aromatic rings. The van der Waals surface area contributed by atoms with Gasteiger partial charge in [0, 0.05) is 21.9 Å². The second kappa shape index (κ2) is 5.99. The maximum absolute atomic E-state index is 5.57. The first-order valence-electron chi connectivity index (χ1n) is 9.80. The molecule has 0 radical (unpaired) electrons. The van der Waals surface area contributed by atoms with Gasteiger partial charge in [0.15, 0.2) is 0 Å². The van der Waals surface area contributed by atoms with E-state index in [1.807, 2.05) is 65.6 Å². The van der Waals surface area contributed by atoms with Gasteiger partial charge in [-0.25, -0.2) is 24.9 Å². The summed E-state index contributed by atoms with van der Waals surface area (Å²) in [6.07, 6.45) is 8.94. The molecule has 3 aliphatic heterocycles. The van der Waals surface area contributed by atoms with Crippen molar-refractivity contribution in [2.45, 2.75) is 0 Å². The van der Waals surface area contributed by atoms with E-state index in [9.17, 15) is 0 Å². The first-order valence-corrected chi connectivity index (χ1v) is 9.80. The van der Waals surface area contributed by atoms with Crippen LogP contribution in [0.15, 0.2) is 108 Å². The Kier molecular flexibility index (Phi) is 3.15. The fourth-order valence-corrected chi connectivity index (χ4v) is 4.17. The van der Waals surface area contributed by atoms with Gasteiger partial charge >= 0.3 is 0 Å². The fraction of sp³-hybridized carbons (Fsp3) is 0. The van der Waals surface area contributed by atoms with E-state index in [4.69, 9.17) is 18.8 Å². The molecule has 0 unspecified atom stereocenters. The largest absolute Gasteiger partial charge is 0.464 e. The molecular formula is C24H13N5O2. The summed E-state index contributed by atoms with van der Waals surface area (Å²) in [5, 5.41) is 2.02. The van der Waals surface area contributed by atoms with E-state index in [2.05, 4.69) is 9.98 Å². The maximum atomic E-state index is 5.57. The lowest BCUT2D eigenvalue weighted by Gasteiger charge is -2.31. The van der Waals surface area contributed by atoms with Crippen LogP contribution in [-0.4, -0.2) is 28.9 Å². The zero-order chi connectivity index (χ0) is 20.4. The number of aliphatic imine (C=N–C) groups is 4. The van der Waals surface area contributed by atoms with Crippen molar-refractivity contribution in [3.05, 3.63) is 90.0 Å². The molecule has 0 fully saturated rings. The normalized spacial score (nSPS) is 17.2. The van der Waals surface area contributed by atoms with Crippen molar-refractivity contribution in [3.8, 4) is 0 Å². The second-order valence-corrected chi connectivity index (χ2v) is 7.29. The minimum atomic E-state index is 0.540. The highest BCUT2D eigenvalue weighted by molar-refractivity contribution is 6.25. The van der Waals surface area contributed by atoms with Gasteiger partial charge in [-0.1, -0.05) is 24.3 Å². The quantitative estimate of drug-likeness (QED) is 0.474. The number of hydrogen-bond acceptors (Lipinski definition) is 7. The SMILES string of the molecule is C1=NC2=NC(c3cccc4occc34)=CC3=CC(c4cccc5occc45)=NC(=N1)N32. The molecule has 0 aliphatic carbocycles. The Labute approximate surface area is 175 Å². The summed E-state index contributed by atoms with van der Waals surface area (Å²) in [5.41, 5.74) is 6.14. The second-order valence-electron chi connectivity index (χ2n) is 7.29. The molecule has 146 valence electrons. The lowest BCUT2D eigenvalue weighted by Crippen LogP contribution is -2.40. The highest BCUT2D eigenvalue weighted by atomic mass is 16.3. The summed E-state index contributed by atoms with van der Waals surface area (Å²) in [5.74, 6) is 1.08. The lowest BCUT2D eigenvalue weighted by atomic mass is 10.0. The standard InChI is InChI=1S/C24H13N5O2/c1-3-15(17-7-9-30-21(17)5-1)19-11-14-12-20(16-4-2-6-22-18(16)8-10-31-22)28-24-26-13-25-23(27-19)29(14)24/h1-13H. The molecule has 0 bridgehead atoms. The van der Waals surface area contributed by atoms with Gasteiger partial charge in [-0.15, -0.1) is 0 Å². The molecular weight excluding hydrogens is 390 g/mol. The van der Waals surface area contributed by atoms with Crippen LogP contribution in [0.2, 0.25) is 0 Å². The Morgan fingerprint density at radius 1 is 0.710 bits per heavy atom. The van der Waals surface area contributed by atoms with Gasteiger partial charge in [-0.05, 0) is 36.4 Å². The molecule has 7 rings (SSSR count). The fourth-order valence-electron chi connectivity index (χ4n) is 4.17. The predicted molar refractivity (Wildman–Crippen MR) is 120 cm³/mol. The van der Waals surface area contributed by atoms with Crippen molar-refractivity contribution in [2.24, 2.45) is 20.0 Å². The molecule has 2 aromatic heterocycles. The highest BCUT2D eigenvalue weighted by Crippen LogP contribution is 2.34. The molecule has 0 N–H and O–H groups in total. The Balaban J connectivity index is 1.44.